The molecule has 2 amide bonds. The molecule has 3 aromatic rings. The Balaban J connectivity index is 2.05. The molecular weight excluding hydrogens is 364 g/mol. The Labute approximate surface area is 160 Å². The first-order chi connectivity index (χ1) is 13.2. The molecule has 3 rings (SSSR count). The van der Waals surface area contributed by atoms with Gasteiger partial charge in [-0.2, -0.15) is 5.10 Å². The number of primary amides is 1. The summed E-state index contributed by atoms with van der Waals surface area (Å²) in [7, 11) is 1.63. The Morgan fingerprint density at radius 2 is 2.00 bits per heavy atom. The molecule has 2 heterocycles. The van der Waals surface area contributed by atoms with Gasteiger partial charge in [-0.1, -0.05) is 0 Å². The van der Waals surface area contributed by atoms with Crippen molar-refractivity contribution in [2.24, 2.45) is 12.8 Å². The molecule has 0 atom stereocenters. The van der Waals surface area contributed by atoms with Gasteiger partial charge in [0.15, 0.2) is 5.69 Å². The molecule has 0 unspecified atom stereocenters. The Hall–Kier alpha value is -3.62. The number of fused-ring (bicyclic) bond motifs is 1. The number of nitrogens with two attached hydrogens (primary N) is 1. The number of carbonyl (C=O) groups excluding carboxylic acids is 2. The third kappa shape index (κ3) is 3.59. The van der Waals surface area contributed by atoms with Crippen molar-refractivity contribution >= 4 is 28.5 Å². The fourth-order valence-electron chi connectivity index (χ4n) is 2.79. The van der Waals surface area contributed by atoms with Gasteiger partial charge in [-0.3, -0.25) is 14.3 Å². The third-order valence-electron chi connectivity index (χ3n) is 4.14. The molecular formula is C19H20N4O5. The number of anilines is 1. The van der Waals surface area contributed by atoms with E-state index in [2.05, 4.69) is 10.4 Å². The number of rotatable bonds is 5. The molecule has 0 aliphatic heterocycles. The molecule has 0 aliphatic carbocycles. The second kappa shape index (κ2) is 7.18. The number of hydrogen-bond acceptors (Lipinski definition) is 6. The van der Waals surface area contributed by atoms with Gasteiger partial charge < -0.3 is 20.2 Å². The monoisotopic (exact) mass is 384 g/mol. The van der Waals surface area contributed by atoms with Gasteiger partial charge in [0.2, 0.25) is 0 Å². The first-order valence-electron chi connectivity index (χ1n) is 8.56. The first-order valence-corrected chi connectivity index (χ1v) is 8.56. The quantitative estimate of drug-likeness (QED) is 0.647. The summed E-state index contributed by atoms with van der Waals surface area (Å²) in [5.41, 5.74) is 5.65. The zero-order valence-electron chi connectivity index (χ0n) is 15.9. The van der Waals surface area contributed by atoms with E-state index in [0.29, 0.717) is 16.8 Å². The Morgan fingerprint density at radius 1 is 1.29 bits per heavy atom. The van der Waals surface area contributed by atoms with Crippen LogP contribution in [0, 0.1) is 6.92 Å². The number of aryl methyl sites for hydroxylation is 1. The van der Waals surface area contributed by atoms with E-state index in [0.717, 1.165) is 6.07 Å². The van der Waals surface area contributed by atoms with Gasteiger partial charge in [0, 0.05) is 24.6 Å². The average Bonchev–Trinajstić information content (AvgIpc) is 2.88. The number of amides is 2. The molecule has 0 saturated carbocycles. The molecule has 0 fully saturated rings. The van der Waals surface area contributed by atoms with Crippen LogP contribution in [0.4, 0.5) is 5.69 Å². The number of benzene rings is 1. The summed E-state index contributed by atoms with van der Waals surface area (Å²) < 4.78 is 12.2. The second-order valence-corrected chi connectivity index (χ2v) is 6.55. The molecule has 0 saturated heterocycles. The van der Waals surface area contributed by atoms with Gasteiger partial charge in [-0.25, -0.2) is 4.79 Å². The first kappa shape index (κ1) is 19.2. The maximum absolute atomic E-state index is 12.9. The van der Waals surface area contributed by atoms with Crippen molar-refractivity contribution < 1.29 is 18.7 Å². The van der Waals surface area contributed by atoms with E-state index < -0.39 is 17.4 Å². The summed E-state index contributed by atoms with van der Waals surface area (Å²) in [5.74, 6) is -0.844. The number of aromatic nitrogens is 2. The van der Waals surface area contributed by atoms with Crippen LogP contribution in [0.2, 0.25) is 0 Å². The van der Waals surface area contributed by atoms with Crippen molar-refractivity contribution in [2.75, 3.05) is 5.32 Å². The molecule has 1 aromatic carbocycles. The van der Waals surface area contributed by atoms with E-state index in [4.69, 9.17) is 14.9 Å². The third-order valence-corrected chi connectivity index (χ3v) is 4.14. The lowest BCUT2D eigenvalue weighted by atomic mass is 10.1. The smallest absolute Gasteiger partial charge is 0.337 e. The van der Waals surface area contributed by atoms with Gasteiger partial charge in [-0.05, 0) is 32.9 Å². The molecule has 3 N–H and O–H groups in total. The molecule has 28 heavy (non-hydrogen) atoms. The van der Waals surface area contributed by atoms with Crippen molar-refractivity contribution in [3.05, 3.63) is 51.6 Å². The summed E-state index contributed by atoms with van der Waals surface area (Å²) in [4.78, 5) is 36.4. The van der Waals surface area contributed by atoms with Crippen molar-refractivity contribution in [3.63, 3.8) is 0 Å². The van der Waals surface area contributed by atoms with Crippen LogP contribution in [0.1, 0.15) is 40.4 Å². The maximum atomic E-state index is 12.9. The van der Waals surface area contributed by atoms with E-state index >= 15 is 0 Å². The van der Waals surface area contributed by atoms with Gasteiger partial charge in [-0.15, -0.1) is 0 Å². The normalized spacial score (nSPS) is 11.0. The van der Waals surface area contributed by atoms with E-state index in [1.807, 2.05) is 13.8 Å². The van der Waals surface area contributed by atoms with Crippen LogP contribution in [-0.4, -0.2) is 27.7 Å². The second-order valence-electron chi connectivity index (χ2n) is 6.55. The Morgan fingerprint density at radius 3 is 2.64 bits per heavy atom. The Bertz CT molecular complexity index is 1140. The lowest BCUT2D eigenvalue weighted by Crippen LogP contribution is -2.19. The van der Waals surface area contributed by atoms with E-state index in [1.165, 1.54) is 4.68 Å². The summed E-state index contributed by atoms with van der Waals surface area (Å²) in [6.07, 6.45) is -0.0589. The Kier molecular flexibility index (Phi) is 4.91. The van der Waals surface area contributed by atoms with Crippen LogP contribution in [0.25, 0.3) is 11.0 Å². The highest BCUT2D eigenvalue weighted by molar-refractivity contribution is 6.14. The van der Waals surface area contributed by atoms with E-state index in [1.54, 1.807) is 32.2 Å². The van der Waals surface area contributed by atoms with E-state index in [-0.39, 0.29) is 28.6 Å². The molecule has 9 nitrogen and oxygen atoms in total. The van der Waals surface area contributed by atoms with Gasteiger partial charge in [0.05, 0.1) is 23.0 Å². The number of ether oxygens (including phenoxy) is 1. The maximum Gasteiger partial charge on any atom is 0.337 e. The van der Waals surface area contributed by atoms with Gasteiger partial charge in [0.25, 0.3) is 11.8 Å². The van der Waals surface area contributed by atoms with Crippen molar-refractivity contribution in [3.8, 4) is 5.75 Å². The minimum absolute atomic E-state index is 0.0589. The number of carbonyl (C=O) groups is 2. The predicted octanol–water partition coefficient (Wildman–Crippen LogP) is 1.97. The van der Waals surface area contributed by atoms with Crippen molar-refractivity contribution in [1.29, 1.82) is 0 Å². The van der Waals surface area contributed by atoms with Gasteiger partial charge in [0.1, 0.15) is 11.3 Å². The number of nitrogens with one attached hydrogen (secondary N) is 1. The van der Waals surface area contributed by atoms with E-state index in [9.17, 15) is 14.4 Å². The highest BCUT2D eigenvalue weighted by Gasteiger charge is 2.22. The van der Waals surface area contributed by atoms with Gasteiger partial charge >= 0.3 is 5.63 Å². The lowest BCUT2D eigenvalue weighted by molar-refractivity contribution is 0.0995. The topological polar surface area (TPSA) is 129 Å². The minimum Gasteiger partial charge on any atom is -0.491 e. The van der Waals surface area contributed by atoms with Crippen LogP contribution in [-0.2, 0) is 7.05 Å². The lowest BCUT2D eigenvalue weighted by Gasteiger charge is -2.11. The average molecular weight is 384 g/mol. The summed E-state index contributed by atoms with van der Waals surface area (Å²) in [6, 6.07) is 5.97. The summed E-state index contributed by atoms with van der Waals surface area (Å²) >= 11 is 0. The molecule has 146 valence electrons. The van der Waals surface area contributed by atoms with Crippen LogP contribution >= 0.6 is 0 Å². The standard InChI is InChI=1S/C19H20N4O5/c1-9(2)27-11-5-6-12-13(8-15(24)28-14(12)7-11)19(26)21-16-10(3)23(4)22-17(16)18(20)25/h5-9H,1-4H3,(H2,20,25)(H,21,26). The largest absolute Gasteiger partial charge is 0.491 e. The zero-order valence-corrected chi connectivity index (χ0v) is 15.9. The fourth-order valence-corrected chi connectivity index (χ4v) is 2.79. The molecule has 9 heteroatoms. The van der Waals surface area contributed by atoms with Crippen LogP contribution in [0.15, 0.2) is 33.5 Å². The SMILES string of the molecule is Cc1c(NC(=O)c2cc(=O)oc3cc(OC(C)C)ccc23)c(C(N)=O)nn1C. The molecule has 0 spiro atoms. The number of hydrogen-bond donors (Lipinski definition) is 2. The van der Waals surface area contributed by atoms with Crippen LogP contribution in [0.3, 0.4) is 0 Å². The molecule has 0 radical (unpaired) electrons. The van der Waals surface area contributed by atoms with Crippen molar-refractivity contribution in [1.82, 2.24) is 9.78 Å². The highest BCUT2D eigenvalue weighted by atomic mass is 16.5. The number of nitrogens with zero attached hydrogens (tertiary/aromatic N) is 2. The molecule has 0 bridgehead atoms. The highest BCUT2D eigenvalue weighted by Crippen LogP contribution is 2.25. The summed E-state index contributed by atoms with van der Waals surface area (Å²) in [5, 5.41) is 7.06. The molecule has 2 aromatic heterocycles. The fraction of sp³-hybridized carbons (Fsp3) is 0.263. The zero-order chi connectivity index (χ0) is 20.6. The molecule has 0 aliphatic rings. The van der Waals surface area contributed by atoms with Crippen LogP contribution < -0.4 is 21.4 Å². The van der Waals surface area contributed by atoms with Crippen molar-refractivity contribution in [2.45, 2.75) is 26.9 Å². The van der Waals surface area contributed by atoms with Crippen LogP contribution in [0.5, 0.6) is 5.75 Å². The predicted molar refractivity (Wildman–Crippen MR) is 103 cm³/mol. The minimum atomic E-state index is -0.771. The summed E-state index contributed by atoms with van der Waals surface area (Å²) in [6.45, 7) is 5.43.